The summed E-state index contributed by atoms with van der Waals surface area (Å²) in [6.07, 6.45) is -3.09. The maximum Gasteiger partial charge on any atom is 0.416 e. The number of benzene rings is 1. The Hall–Kier alpha value is -2.85. The van der Waals surface area contributed by atoms with Gasteiger partial charge in [-0.2, -0.15) is 18.3 Å². The first-order valence-corrected chi connectivity index (χ1v) is 9.50. The number of aromatic nitrogens is 3. The lowest BCUT2D eigenvalue weighted by Crippen LogP contribution is -2.18. The second-order valence-corrected chi connectivity index (χ2v) is 7.47. The van der Waals surface area contributed by atoms with Crippen molar-refractivity contribution in [3.05, 3.63) is 75.1 Å². The summed E-state index contributed by atoms with van der Waals surface area (Å²) in [5, 5.41) is 7.48. The van der Waals surface area contributed by atoms with Gasteiger partial charge >= 0.3 is 6.18 Å². The topological polar surface area (TPSA) is 85.8 Å². The molecule has 0 spiro atoms. The molecule has 1 aromatic carbocycles. The van der Waals surface area contributed by atoms with Crippen molar-refractivity contribution in [1.29, 1.82) is 0 Å². The van der Waals surface area contributed by atoms with E-state index in [1.807, 2.05) is 0 Å². The number of hydrogen-bond acceptors (Lipinski definition) is 4. The molecule has 0 radical (unpaired) electrons. The average Bonchev–Trinajstić information content (AvgIpc) is 3.04. The molecule has 0 aliphatic rings. The highest BCUT2D eigenvalue weighted by Gasteiger charge is 2.32. The van der Waals surface area contributed by atoms with E-state index in [9.17, 15) is 18.0 Å². The molecule has 156 valence electrons. The maximum absolute atomic E-state index is 13.1. The molecule has 0 bridgehead atoms. The van der Waals surface area contributed by atoms with Gasteiger partial charge in [-0.1, -0.05) is 18.2 Å². The van der Waals surface area contributed by atoms with Crippen molar-refractivity contribution in [3.63, 3.8) is 0 Å². The Labute approximate surface area is 182 Å². The Morgan fingerprint density at radius 2 is 2.03 bits per heavy atom. The van der Waals surface area contributed by atoms with E-state index in [-0.39, 0.29) is 22.5 Å². The zero-order chi connectivity index (χ0) is 22.2. The third kappa shape index (κ3) is 4.34. The van der Waals surface area contributed by atoms with Crippen LogP contribution < -0.4 is 11.1 Å². The molecule has 6 nitrogen and oxygen atoms in total. The van der Waals surface area contributed by atoms with Gasteiger partial charge in [0.1, 0.15) is 4.60 Å². The van der Waals surface area contributed by atoms with Gasteiger partial charge in [0.05, 0.1) is 33.2 Å². The molecule has 0 atom stereocenters. The summed E-state index contributed by atoms with van der Waals surface area (Å²) in [4.78, 5) is 16.0. The van der Waals surface area contributed by atoms with Crippen LogP contribution in [0.4, 0.5) is 18.9 Å². The third-order valence-corrected chi connectivity index (χ3v) is 4.82. The van der Waals surface area contributed by atoms with E-state index >= 15 is 0 Å². The standard InChI is InChI=1S/C19H14BrClF3N5O/c1-9-6-11(19(22,23)24)7-12(17(25)30)16(9)27-10(2)14-8-15(20)28-29(14)18-13(21)4-3-5-26-18/h3-8,27H,2H2,1H3,(H2,25,30). The number of nitrogens with one attached hydrogen (secondary N) is 1. The third-order valence-electron chi connectivity index (χ3n) is 4.13. The summed E-state index contributed by atoms with van der Waals surface area (Å²) in [5.41, 5.74) is 4.96. The maximum atomic E-state index is 13.1. The van der Waals surface area contributed by atoms with E-state index in [0.717, 1.165) is 6.07 Å². The summed E-state index contributed by atoms with van der Waals surface area (Å²) in [5.74, 6) is -0.691. The molecule has 3 N–H and O–H groups in total. The second kappa shape index (κ2) is 8.11. The number of hydrogen-bond donors (Lipinski definition) is 2. The molecule has 2 aromatic heterocycles. The minimum atomic E-state index is -4.62. The Morgan fingerprint density at radius 3 is 2.63 bits per heavy atom. The van der Waals surface area contributed by atoms with Gasteiger partial charge in [-0.05, 0) is 52.7 Å². The Balaban J connectivity index is 2.06. The van der Waals surface area contributed by atoms with Crippen molar-refractivity contribution in [3.8, 4) is 5.82 Å². The normalized spacial score (nSPS) is 11.4. The highest BCUT2D eigenvalue weighted by molar-refractivity contribution is 9.10. The first-order valence-electron chi connectivity index (χ1n) is 8.33. The molecule has 3 rings (SSSR count). The molecule has 0 unspecified atom stereocenters. The fourth-order valence-electron chi connectivity index (χ4n) is 2.79. The highest BCUT2D eigenvalue weighted by Crippen LogP contribution is 2.35. The van der Waals surface area contributed by atoms with Gasteiger partial charge in [0.15, 0.2) is 5.82 Å². The molecule has 0 aliphatic carbocycles. The lowest BCUT2D eigenvalue weighted by molar-refractivity contribution is -0.137. The van der Waals surface area contributed by atoms with Crippen molar-refractivity contribution in [1.82, 2.24) is 14.8 Å². The summed E-state index contributed by atoms with van der Waals surface area (Å²) in [7, 11) is 0. The zero-order valence-corrected chi connectivity index (χ0v) is 17.7. The van der Waals surface area contributed by atoms with E-state index in [1.165, 1.54) is 17.8 Å². The molecule has 1 amide bonds. The molecule has 3 aromatic rings. The summed E-state index contributed by atoms with van der Waals surface area (Å²) < 4.78 is 41.2. The molecule has 0 saturated heterocycles. The van der Waals surface area contributed by atoms with Gasteiger partial charge in [0, 0.05) is 12.3 Å². The van der Waals surface area contributed by atoms with E-state index in [2.05, 4.69) is 37.9 Å². The smallest absolute Gasteiger partial charge is 0.366 e. The van der Waals surface area contributed by atoms with E-state index in [4.69, 9.17) is 17.3 Å². The molecule has 30 heavy (non-hydrogen) atoms. The monoisotopic (exact) mass is 499 g/mol. The van der Waals surface area contributed by atoms with Crippen molar-refractivity contribution in [2.24, 2.45) is 5.73 Å². The van der Waals surface area contributed by atoms with Crippen molar-refractivity contribution >= 4 is 44.8 Å². The fraction of sp³-hybridized carbons (Fsp3) is 0.105. The van der Waals surface area contributed by atoms with Gasteiger partial charge in [-0.25, -0.2) is 9.67 Å². The number of nitrogens with two attached hydrogens (primary N) is 1. The SMILES string of the molecule is C=C(Nc1c(C)cc(C(F)(F)F)cc1C(N)=O)c1cc(Br)nn1-c1ncccc1Cl. The number of alkyl halides is 3. The predicted octanol–water partition coefficient (Wildman–Crippen LogP) is 5.19. The predicted molar refractivity (Wildman–Crippen MR) is 111 cm³/mol. The molecule has 0 saturated carbocycles. The van der Waals surface area contributed by atoms with Gasteiger partial charge < -0.3 is 11.1 Å². The largest absolute Gasteiger partial charge is 0.416 e. The number of halogens is 5. The van der Waals surface area contributed by atoms with Crippen LogP contribution in [0, 0.1) is 6.92 Å². The fourth-order valence-corrected chi connectivity index (χ4v) is 3.36. The quantitative estimate of drug-likeness (QED) is 0.505. The number of anilines is 1. The van der Waals surface area contributed by atoms with Crippen LogP contribution in [0.2, 0.25) is 5.02 Å². The van der Waals surface area contributed by atoms with Crippen LogP contribution in [-0.4, -0.2) is 20.7 Å². The number of carbonyl (C=O) groups excluding carboxylic acids is 1. The molecule has 2 heterocycles. The number of nitrogens with zero attached hydrogens (tertiary/aromatic N) is 3. The highest BCUT2D eigenvalue weighted by atomic mass is 79.9. The Morgan fingerprint density at radius 1 is 1.33 bits per heavy atom. The van der Waals surface area contributed by atoms with Crippen LogP contribution in [0.25, 0.3) is 11.5 Å². The van der Waals surface area contributed by atoms with E-state index < -0.39 is 17.6 Å². The molecular formula is C19H14BrClF3N5O. The molecule has 0 aliphatic heterocycles. The van der Waals surface area contributed by atoms with E-state index in [0.29, 0.717) is 27.2 Å². The van der Waals surface area contributed by atoms with Crippen LogP contribution in [0.3, 0.4) is 0 Å². The number of primary amides is 1. The van der Waals surface area contributed by atoms with Crippen molar-refractivity contribution < 1.29 is 18.0 Å². The van der Waals surface area contributed by atoms with Crippen LogP contribution >= 0.6 is 27.5 Å². The summed E-state index contributed by atoms with van der Waals surface area (Å²) >= 11 is 9.47. The number of carbonyl (C=O) groups is 1. The Kier molecular flexibility index (Phi) is 5.91. The van der Waals surface area contributed by atoms with Gasteiger partial charge in [0.2, 0.25) is 0 Å². The van der Waals surface area contributed by atoms with Crippen LogP contribution in [0.1, 0.15) is 27.2 Å². The average molecular weight is 501 g/mol. The zero-order valence-electron chi connectivity index (χ0n) is 15.4. The van der Waals surface area contributed by atoms with Crippen LogP contribution in [0.15, 0.2) is 47.7 Å². The van der Waals surface area contributed by atoms with Crippen molar-refractivity contribution in [2.75, 3.05) is 5.32 Å². The molecule has 11 heteroatoms. The molecule has 0 fully saturated rings. The first-order chi connectivity index (χ1) is 14.0. The summed E-state index contributed by atoms with van der Waals surface area (Å²) in [6, 6.07) is 6.52. The minimum absolute atomic E-state index is 0.108. The lowest BCUT2D eigenvalue weighted by Gasteiger charge is -2.18. The van der Waals surface area contributed by atoms with Gasteiger partial charge in [0.25, 0.3) is 5.91 Å². The van der Waals surface area contributed by atoms with Gasteiger partial charge in [-0.3, -0.25) is 4.79 Å². The Bertz CT molecular complexity index is 1160. The van der Waals surface area contributed by atoms with Crippen LogP contribution in [0.5, 0.6) is 0 Å². The number of aryl methyl sites for hydroxylation is 1. The first kappa shape index (κ1) is 21.8. The van der Waals surface area contributed by atoms with Crippen LogP contribution in [-0.2, 0) is 6.18 Å². The number of rotatable bonds is 5. The van der Waals surface area contributed by atoms with Gasteiger partial charge in [-0.15, -0.1) is 0 Å². The molecular weight excluding hydrogens is 487 g/mol. The lowest BCUT2D eigenvalue weighted by atomic mass is 10.0. The van der Waals surface area contributed by atoms with E-state index in [1.54, 1.807) is 18.2 Å². The van der Waals surface area contributed by atoms with Crippen molar-refractivity contribution in [2.45, 2.75) is 13.1 Å². The second-order valence-electron chi connectivity index (χ2n) is 6.25. The number of pyridine rings is 1. The minimum Gasteiger partial charge on any atom is -0.366 e. The summed E-state index contributed by atoms with van der Waals surface area (Å²) in [6.45, 7) is 5.35. The number of amides is 1.